The van der Waals surface area contributed by atoms with Crippen LogP contribution in [0.1, 0.15) is 44.2 Å². The lowest BCUT2D eigenvalue weighted by Crippen LogP contribution is -2.23. The maximum Gasteiger partial charge on any atom is 0.138 e. The van der Waals surface area contributed by atoms with Crippen LogP contribution in [0.2, 0.25) is 0 Å². The summed E-state index contributed by atoms with van der Waals surface area (Å²) >= 11 is 0. The Morgan fingerprint density at radius 3 is 2.33 bits per heavy atom. The average Bonchev–Trinajstić information content (AvgIpc) is 3.22. The maximum absolute atomic E-state index is 6.31. The van der Waals surface area contributed by atoms with Crippen molar-refractivity contribution < 1.29 is 8.83 Å². The van der Waals surface area contributed by atoms with Gasteiger partial charge >= 0.3 is 0 Å². The molecular formula is C25H24O2. The summed E-state index contributed by atoms with van der Waals surface area (Å²) in [6, 6.07) is 4.52. The molecule has 2 heterocycles. The van der Waals surface area contributed by atoms with E-state index >= 15 is 0 Å². The van der Waals surface area contributed by atoms with Crippen LogP contribution in [0.4, 0.5) is 0 Å². The minimum atomic E-state index is 0.962. The van der Waals surface area contributed by atoms with Crippen LogP contribution < -0.4 is 21.3 Å². The second-order valence-electron chi connectivity index (χ2n) is 7.54. The first-order valence-corrected chi connectivity index (χ1v) is 9.89. The highest BCUT2D eigenvalue weighted by Crippen LogP contribution is 2.33. The molecule has 2 aromatic heterocycles. The Hall–Kier alpha value is -2.74. The Labute approximate surface area is 157 Å². The number of hydrogen-bond donors (Lipinski definition) is 0. The number of benzene rings is 2. The summed E-state index contributed by atoms with van der Waals surface area (Å²) in [7, 11) is 0. The first kappa shape index (κ1) is 16.4. The van der Waals surface area contributed by atoms with E-state index in [1.165, 1.54) is 43.1 Å². The first-order chi connectivity index (χ1) is 13.1. The van der Waals surface area contributed by atoms with Gasteiger partial charge in [-0.2, -0.15) is 0 Å². The maximum atomic E-state index is 6.31. The molecule has 2 nitrogen and oxygen atoms in total. The molecule has 4 aromatic rings. The molecule has 0 spiro atoms. The summed E-state index contributed by atoms with van der Waals surface area (Å²) in [6.07, 6.45) is 12.0. The summed E-state index contributed by atoms with van der Waals surface area (Å²) < 4.78 is 12.6. The third-order valence-electron chi connectivity index (χ3n) is 5.71. The predicted octanol–water partition coefficient (Wildman–Crippen LogP) is 4.29. The van der Waals surface area contributed by atoms with Gasteiger partial charge in [-0.05, 0) is 80.8 Å². The third-order valence-corrected chi connectivity index (χ3v) is 5.71. The van der Waals surface area contributed by atoms with Gasteiger partial charge in [0, 0.05) is 26.6 Å². The molecule has 0 unspecified atom stereocenters. The van der Waals surface area contributed by atoms with Crippen molar-refractivity contribution in [2.45, 2.75) is 47.0 Å². The largest absolute Gasteiger partial charge is 0.456 e. The Balaban J connectivity index is 2.23. The van der Waals surface area contributed by atoms with Crippen LogP contribution in [0, 0.1) is 13.8 Å². The zero-order chi connectivity index (χ0) is 18.7. The van der Waals surface area contributed by atoms with Gasteiger partial charge in [0.2, 0.25) is 0 Å². The monoisotopic (exact) mass is 356 g/mol. The molecule has 27 heavy (non-hydrogen) atoms. The van der Waals surface area contributed by atoms with Crippen molar-refractivity contribution in [2.75, 3.05) is 0 Å². The van der Waals surface area contributed by atoms with Gasteiger partial charge in [0.25, 0.3) is 0 Å². The summed E-state index contributed by atoms with van der Waals surface area (Å²) in [5.74, 6) is 0. The molecular weight excluding hydrogens is 332 g/mol. The Kier molecular flexibility index (Phi) is 3.58. The fraction of sp³-hybridized carbons (Fsp3) is 0.280. The summed E-state index contributed by atoms with van der Waals surface area (Å²) in [5, 5.41) is 7.47. The van der Waals surface area contributed by atoms with Crippen LogP contribution in [-0.4, -0.2) is 0 Å². The average molecular weight is 356 g/mol. The molecule has 0 N–H and O–H groups in total. The van der Waals surface area contributed by atoms with E-state index in [9.17, 15) is 0 Å². The number of hydrogen-bond acceptors (Lipinski definition) is 2. The predicted molar refractivity (Wildman–Crippen MR) is 115 cm³/mol. The minimum absolute atomic E-state index is 0.962. The van der Waals surface area contributed by atoms with Gasteiger partial charge in [-0.15, -0.1) is 0 Å². The van der Waals surface area contributed by atoms with Crippen molar-refractivity contribution in [3.8, 4) is 0 Å². The number of furan rings is 2. The van der Waals surface area contributed by atoms with Crippen LogP contribution in [0.25, 0.3) is 57.0 Å². The molecule has 2 aromatic carbocycles. The van der Waals surface area contributed by atoms with Gasteiger partial charge in [0.05, 0.1) is 0 Å². The fourth-order valence-corrected chi connectivity index (χ4v) is 4.59. The summed E-state index contributed by atoms with van der Waals surface area (Å²) in [6.45, 7) is 8.52. The molecule has 0 fully saturated rings. The SMILES string of the molecule is C/C=c1/oc2c(C)cc3cc(C)c4oc5c(c4c3c2/c1=C/CC)=CCCC=5. The normalized spacial score (nSPS) is 15.6. The molecule has 0 saturated carbocycles. The van der Waals surface area contributed by atoms with Gasteiger partial charge in [-0.25, -0.2) is 0 Å². The zero-order valence-corrected chi connectivity index (χ0v) is 16.4. The van der Waals surface area contributed by atoms with Gasteiger partial charge in [0.1, 0.15) is 22.0 Å². The van der Waals surface area contributed by atoms with Crippen molar-refractivity contribution >= 4 is 57.0 Å². The lowest BCUT2D eigenvalue weighted by molar-refractivity contribution is 0.570. The Bertz CT molecular complexity index is 1470. The van der Waals surface area contributed by atoms with E-state index in [1.807, 2.05) is 6.92 Å². The van der Waals surface area contributed by atoms with Crippen molar-refractivity contribution in [3.05, 3.63) is 44.5 Å². The van der Waals surface area contributed by atoms with E-state index in [4.69, 9.17) is 8.83 Å². The molecule has 136 valence electrons. The number of fused-ring (bicyclic) bond motifs is 7. The minimum Gasteiger partial charge on any atom is -0.456 e. The van der Waals surface area contributed by atoms with Gasteiger partial charge < -0.3 is 8.83 Å². The van der Waals surface area contributed by atoms with E-state index < -0.39 is 0 Å². The van der Waals surface area contributed by atoms with Crippen LogP contribution >= 0.6 is 0 Å². The highest BCUT2D eigenvalue weighted by molar-refractivity contribution is 6.20. The zero-order valence-electron chi connectivity index (χ0n) is 16.4. The van der Waals surface area contributed by atoms with Crippen molar-refractivity contribution in [2.24, 2.45) is 0 Å². The molecule has 0 atom stereocenters. The van der Waals surface area contributed by atoms with Crippen molar-refractivity contribution in [3.63, 3.8) is 0 Å². The van der Waals surface area contributed by atoms with Crippen LogP contribution in [0.5, 0.6) is 0 Å². The fourth-order valence-electron chi connectivity index (χ4n) is 4.59. The van der Waals surface area contributed by atoms with E-state index in [-0.39, 0.29) is 0 Å². The van der Waals surface area contributed by atoms with Crippen LogP contribution in [-0.2, 0) is 0 Å². The second-order valence-corrected chi connectivity index (χ2v) is 7.54. The number of rotatable bonds is 1. The van der Waals surface area contributed by atoms with E-state index in [0.29, 0.717) is 0 Å². The quantitative estimate of drug-likeness (QED) is 0.508. The molecule has 0 radical (unpaired) electrons. The molecule has 1 aliphatic rings. The molecule has 0 saturated heterocycles. The highest BCUT2D eigenvalue weighted by Gasteiger charge is 2.18. The Morgan fingerprint density at radius 2 is 1.63 bits per heavy atom. The van der Waals surface area contributed by atoms with E-state index in [0.717, 1.165) is 41.3 Å². The number of aryl methyl sites for hydroxylation is 2. The highest BCUT2D eigenvalue weighted by atomic mass is 16.3. The molecule has 0 aliphatic heterocycles. The molecule has 0 amide bonds. The van der Waals surface area contributed by atoms with E-state index in [2.05, 4.69) is 57.2 Å². The molecule has 1 aliphatic carbocycles. The van der Waals surface area contributed by atoms with Gasteiger partial charge in [0.15, 0.2) is 0 Å². The summed E-state index contributed by atoms with van der Waals surface area (Å²) in [4.78, 5) is 0. The summed E-state index contributed by atoms with van der Waals surface area (Å²) in [5.41, 5.74) is 6.37. The first-order valence-electron chi connectivity index (χ1n) is 9.89. The van der Waals surface area contributed by atoms with Gasteiger partial charge in [-0.1, -0.05) is 19.1 Å². The molecule has 5 rings (SSSR count). The van der Waals surface area contributed by atoms with Crippen molar-refractivity contribution in [1.82, 2.24) is 0 Å². The van der Waals surface area contributed by atoms with Crippen LogP contribution in [0.15, 0.2) is 21.0 Å². The standard InChI is InChI=1S/C25H24O2/c1-5-9-17-19(6-2)26-24-14(3)12-16-13-15(4)25-23(21(16)22(17)24)18-10-7-8-11-20(18)27-25/h6,9-13H,5,7-8H2,1-4H3/b17-9+,19-6+. The molecule has 0 bridgehead atoms. The third kappa shape index (κ3) is 2.19. The smallest absolute Gasteiger partial charge is 0.138 e. The van der Waals surface area contributed by atoms with Crippen molar-refractivity contribution in [1.29, 1.82) is 0 Å². The Morgan fingerprint density at radius 1 is 0.926 bits per heavy atom. The molecule has 2 heteroatoms. The van der Waals surface area contributed by atoms with Crippen LogP contribution in [0.3, 0.4) is 0 Å². The van der Waals surface area contributed by atoms with Gasteiger partial charge in [-0.3, -0.25) is 0 Å². The van der Waals surface area contributed by atoms with E-state index in [1.54, 1.807) is 0 Å². The second kappa shape index (κ2) is 5.88. The lowest BCUT2D eigenvalue weighted by atomic mass is 9.95. The lowest BCUT2D eigenvalue weighted by Gasteiger charge is -2.06. The topological polar surface area (TPSA) is 26.3 Å².